The van der Waals surface area contributed by atoms with E-state index in [0.29, 0.717) is 23.5 Å². The Morgan fingerprint density at radius 1 is 1.06 bits per heavy atom. The van der Waals surface area contributed by atoms with Crippen LogP contribution in [0.25, 0.3) is 11.0 Å². The number of carbonyl (C=O) groups is 3. The lowest BCUT2D eigenvalue weighted by Gasteiger charge is -2.20. The molecule has 0 saturated carbocycles. The second-order valence-electron chi connectivity index (χ2n) is 10.3. The summed E-state index contributed by atoms with van der Waals surface area (Å²) in [4.78, 5) is 53.3. The molecule has 3 aliphatic rings. The zero-order valence-electron chi connectivity index (χ0n) is 24.9. The number of aliphatic carboxylic acids is 2. The standard InChI is InChI=1S/C28H28N4O11S4/c1-3-15(5-6-21-30(7-4-8-47(39,40)41)16-10-18-19(43-14-42-18)11-20(16)45-21)9-17-26(37)31(12-22(33)34)25(29(17)2)24-27(38)32(13-23(35)36)28(44)46-24/h5-6,9-11H,3-4,7-8,12-14H2,1-2H3,(H,33,34)(H,35,36)(H,39,40,41). The van der Waals surface area contributed by atoms with Gasteiger partial charge < -0.3 is 29.2 Å². The smallest absolute Gasteiger partial charge is 0.323 e. The van der Waals surface area contributed by atoms with E-state index >= 15 is 0 Å². The molecule has 15 nitrogen and oxygen atoms in total. The summed E-state index contributed by atoms with van der Waals surface area (Å²) >= 11 is 7.39. The fraction of sp³-hybridized carbons (Fsp3) is 0.321. The third-order valence-electron chi connectivity index (χ3n) is 7.22. The van der Waals surface area contributed by atoms with Crippen LogP contribution in [-0.2, 0) is 38.1 Å². The van der Waals surface area contributed by atoms with Crippen LogP contribution in [0.3, 0.4) is 0 Å². The van der Waals surface area contributed by atoms with Crippen molar-refractivity contribution in [1.82, 2.24) is 14.0 Å². The van der Waals surface area contributed by atoms with Crippen molar-refractivity contribution in [3.8, 4) is 11.5 Å². The van der Waals surface area contributed by atoms with Crippen LogP contribution < -0.4 is 30.8 Å². The number of hydrogen-bond donors (Lipinski definition) is 3. The van der Waals surface area contributed by atoms with E-state index in [0.717, 1.165) is 36.8 Å². The van der Waals surface area contributed by atoms with Crippen molar-refractivity contribution in [2.24, 2.45) is 7.05 Å². The first kappa shape index (κ1) is 34.3. The monoisotopic (exact) mass is 724 g/mol. The van der Waals surface area contributed by atoms with Gasteiger partial charge in [-0.05, 0) is 30.6 Å². The minimum absolute atomic E-state index is 0.0213. The number of fused-ring (bicyclic) bond motifs is 2. The number of rotatable bonds is 11. The van der Waals surface area contributed by atoms with Crippen molar-refractivity contribution >= 4 is 84.7 Å². The van der Waals surface area contributed by atoms with Gasteiger partial charge in [-0.3, -0.25) is 33.2 Å². The molecule has 1 aromatic heterocycles. The summed E-state index contributed by atoms with van der Waals surface area (Å²) in [6.07, 6.45) is 5.72. The maximum atomic E-state index is 13.6. The first-order valence-electron chi connectivity index (χ1n) is 13.9. The second-order valence-corrected chi connectivity index (χ2v) is 14.6. The molecule has 0 unspecified atom stereocenters. The molecule has 1 amide bonds. The Morgan fingerprint density at radius 2 is 1.74 bits per heavy atom. The van der Waals surface area contributed by atoms with Gasteiger partial charge in [-0.2, -0.15) is 8.42 Å². The lowest BCUT2D eigenvalue weighted by molar-refractivity contribution is -0.140. The first-order valence-corrected chi connectivity index (χ1v) is 17.6. The number of imidazole rings is 1. The minimum Gasteiger partial charge on any atom is -0.480 e. The molecule has 1 saturated heterocycles. The van der Waals surface area contributed by atoms with Gasteiger partial charge in [0.25, 0.3) is 21.6 Å². The number of hydrogen-bond acceptors (Lipinski definition) is 12. The molecule has 0 aliphatic carbocycles. The molecule has 250 valence electrons. The minimum atomic E-state index is -4.17. The second kappa shape index (κ2) is 13.6. The number of benzene rings is 1. The predicted molar refractivity (Wildman–Crippen MR) is 177 cm³/mol. The van der Waals surface area contributed by atoms with Crippen LogP contribution in [0.2, 0.25) is 0 Å². The number of carboxylic acid groups (broad SMARTS) is 2. The molecule has 5 rings (SSSR count). The first-order chi connectivity index (χ1) is 22.2. The number of nitrogens with zero attached hydrogens (tertiary/aromatic N) is 4. The number of carboxylic acids is 2. The number of thiocarbonyl (C=S) groups is 1. The molecule has 19 heteroatoms. The lowest BCUT2D eigenvalue weighted by Crippen LogP contribution is -2.37. The largest absolute Gasteiger partial charge is 0.480 e. The summed E-state index contributed by atoms with van der Waals surface area (Å²) in [5.41, 5.74) is 0.730. The fourth-order valence-corrected chi connectivity index (χ4v) is 8.03. The zero-order valence-corrected chi connectivity index (χ0v) is 28.1. The summed E-state index contributed by atoms with van der Waals surface area (Å²) in [5.74, 6) is -2.67. The molecule has 0 atom stereocenters. The van der Waals surface area contributed by atoms with E-state index in [1.165, 1.54) is 23.4 Å². The highest BCUT2D eigenvalue weighted by molar-refractivity contribution is 8.30. The van der Waals surface area contributed by atoms with E-state index in [-0.39, 0.29) is 39.8 Å². The third kappa shape index (κ3) is 7.28. The van der Waals surface area contributed by atoms with Crippen molar-refractivity contribution in [3.63, 3.8) is 0 Å². The van der Waals surface area contributed by atoms with E-state index in [4.69, 9.17) is 21.7 Å². The summed E-state index contributed by atoms with van der Waals surface area (Å²) < 4.78 is 45.3. The molecule has 1 fully saturated rings. The van der Waals surface area contributed by atoms with E-state index in [1.807, 2.05) is 17.9 Å². The van der Waals surface area contributed by atoms with E-state index in [2.05, 4.69) is 0 Å². The Hall–Kier alpha value is -4.04. The van der Waals surface area contributed by atoms with Gasteiger partial charge in [0.05, 0.1) is 16.5 Å². The summed E-state index contributed by atoms with van der Waals surface area (Å²) in [6.45, 7) is 0.763. The van der Waals surface area contributed by atoms with Gasteiger partial charge in [-0.1, -0.05) is 48.7 Å². The molecule has 47 heavy (non-hydrogen) atoms. The van der Waals surface area contributed by atoms with Crippen molar-refractivity contribution in [1.29, 1.82) is 0 Å². The Bertz CT molecular complexity index is 2060. The van der Waals surface area contributed by atoms with E-state index in [9.17, 15) is 42.4 Å². The summed E-state index contributed by atoms with van der Waals surface area (Å²) in [5, 5.41) is 19.6. The molecular weight excluding hydrogens is 697 g/mol. The van der Waals surface area contributed by atoms with E-state index in [1.54, 1.807) is 24.3 Å². The quantitative estimate of drug-likeness (QED) is 0.218. The number of allylic oxidation sites excluding steroid dienone is 3. The van der Waals surface area contributed by atoms with Crippen molar-refractivity contribution in [2.75, 3.05) is 30.5 Å². The lowest BCUT2D eigenvalue weighted by atomic mass is 10.1. The number of thioether (sulfide) groups is 2. The van der Waals surface area contributed by atoms with Gasteiger partial charge in [0.2, 0.25) is 6.79 Å². The third-order valence-corrected chi connectivity index (χ3v) is 10.6. The Morgan fingerprint density at radius 3 is 2.38 bits per heavy atom. The van der Waals surface area contributed by atoms with Crippen LogP contribution >= 0.6 is 35.7 Å². The highest BCUT2D eigenvalue weighted by Crippen LogP contribution is 2.51. The zero-order chi connectivity index (χ0) is 34.2. The van der Waals surface area contributed by atoms with Crippen LogP contribution in [0, 0.1) is 0 Å². The molecule has 0 bridgehead atoms. The Balaban J connectivity index is 1.58. The highest BCUT2D eigenvalue weighted by Gasteiger charge is 2.36. The number of amides is 1. The maximum absolute atomic E-state index is 13.6. The molecule has 0 radical (unpaired) electrons. The SMILES string of the molecule is CCC(=CC=C1Sc2cc3c(cc2N1CCCS(=O)(=O)O)OCO3)C=c1c(=O)n(CC(=O)O)c(=C2SC(=S)N(CC(=O)O)C2=O)n1C. The van der Waals surface area contributed by atoms with Crippen molar-refractivity contribution in [2.45, 2.75) is 31.2 Å². The van der Waals surface area contributed by atoms with Crippen LogP contribution in [0.4, 0.5) is 5.69 Å². The maximum Gasteiger partial charge on any atom is 0.323 e. The van der Waals surface area contributed by atoms with Gasteiger partial charge in [-0.25, -0.2) is 0 Å². The molecular formula is C28H28N4O11S4. The summed E-state index contributed by atoms with van der Waals surface area (Å²) in [6, 6.07) is 3.63. The number of carbonyl (C=O) groups excluding carboxylic acids is 1. The van der Waals surface area contributed by atoms with Crippen LogP contribution in [-0.4, -0.2) is 85.0 Å². The number of ether oxygens (including phenoxy) is 2. The van der Waals surface area contributed by atoms with Gasteiger partial charge in [0, 0.05) is 30.6 Å². The molecule has 4 heterocycles. The Labute approximate surface area is 281 Å². The van der Waals surface area contributed by atoms with Gasteiger partial charge in [0.1, 0.15) is 33.1 Å². The molecule has 3 N–H and O–H groups in total. The van der Waals surface area contributed by atoms with Gasteiger partial charge in [0.15, 0.2) is 11.5 Å². The average Bonchev–Trinajstić information content (AvgIpc) is 3.70. The average molecular weight is 725 g/mol. The van der Waals surface area contributed by atoms with Crippen molar-refractivity contribution < 1.29 is 47.0 Å². The van der Waals surface area contributed by atoms with Crippen molar-refractivity contribution in [3.05, 3.63) is 56.1 Å². The van der Waals surface area contributed by atoms with E-state index < -0.39 is 52.4 Å². The highest BCUT2D eigenvalue weighted by atomic mass is 32.2. The summed E-state index contributed by atoms with van der Waals surface area (Å²) in [7, 11) is -2.67. The van der Waals surface area contributed by atoms with Gasteiger partial charge >= 0.3 is 11.9 Å². The predicted octanol–water partition coefficient (Wildman–Crippen LogP) is 0.902. The molecule has 0 spiro atoms. The molecule has 2 aromatic rings. The topological polar surface area (TPSA) is 198 Å². The molecule has 1 aromatic carbocycles. The fourth-order valence-electron chi connectivity index (χ4n) is 5.07. The van der Waals surface area contributed by atoms with Gasteiger partial charge in [-0.15, -0.1) is 0 Å². The Kier molecular flexibility index (Phi) is 9.92. The number of anilines is 1. The normalized spacial score (nSPS) is 18.6. The van der Waals surface area contributed by atoms with Crippen LogP contribution in [0.5, 0.6) is 11.5 Å². The number of aromatic nitrogens is 2. The molecule has 3 aliphatic heterocycles. The van der Waals surface area contributed by atoms with Crippen LogP contribution in [0.15, 0.2) is 44.6 Å². The van der Waals surface area contributed by atoms with Crippen LogP contribution in [0.1, 0.15) is 19.8 Å².